The molecule has 0 aromatic heterocycles. The number of hydrogen-bond donors (Lipinski definition) is 2. The summed E-state index contributed by atoms with van der Waals surface area (Å²) in [7, 11) is 0. The van der Waals surface area contributed by atoms with Crippen LogP contribution in [0, 0.1) is 10.8 Å². The number of nitrogens with one attached hydrogen (secondary N) is 2. The minimum atomic E-state index is -0.273. The van der Waals surface area contributed by atoms with Crippen molar-refractivity contribution >= 4 is 59.2 Å². The van der Waals surface area contributed by atoms with Crippen LogP contribution in [-0.2, 0) is 9.60 Å². The molecule has 3 aliphatic rings. The zero-order valence-corrected chi connectivity index (χ0v) is 26.6. The monoisotopic (exact) mass is 632 g/mol. The molecule has 226 valence electrons. The van der Waals surface area contributed by atoms with Gasteiger partial charge in [-0.25, -0.2) is 0 Å². The summed E-state index contributed by atoms with van der Waals surface area (Å²) in [6.07, 6.45) is 15.8. The number of benzene rings is 3. The van der Waals surface area contributed by atoms with E-state index in [4.69, 9.17) is 19.2 Å². The van der Waals surface area contributed by atoms with Gasteiger partial charge in [0, 0.05) is 44.6 Å². The lowest BCUT2D eigenvalue weighted by Gasteiger charge is -2.36. The van der Waals surface area contributed by atoms with Crippen molar-refractivity contribution in [1.82, 2.24) is 0 Å². The van der Waals surface area contributed by atoms with Crippen LogP contribution >= 0.6 is 24.1 Å². The fourth-order valence-corrected chi connectivity index (χ4v) is 7.52. The Hall–Kier alpha value is -4.24. The molecular formula is C37H32N2O4S2. The summed E-state index contributed by atoms with van der Waals surface area (Å²) in [5, 5.41) is 15.6. The average molecular weight is 633 g/mol. The number of hydrogen-bond acceptors (Lipinski definition) is 8. The molecule has 6 rings (SSSR count). The molecule has 6 nitrogen and oxygen atoms in total. The van der Waals surface area contributed by atoms with Crippen LogP contribution in [0.1, 0.15) is 70.5 Å². The number of Topliss-reactive ketones (excluding diaryl/α,β-unsaturated/α-hetero) is 2. The SMILES string of the molecule is CCC(CC)(C1=CCC(OSc2cccc3c2C=CC(=N)C3=O)C=C1)c1ccc(OSc2cccc3c2C=CC(=N)C3=O)cc1. The molecule has 0 saturated carbocycles. The Morgan fingerprint density at radius 3 is 1.87 bits per heavy atom. The van der Waals surface area contributed by atoms with Gasteiger partial charge in [0.2, 0.25) is 11.6 Å². The predicted octanol–water partition coefficient (Wildman–Crippen LogP) is 9.27. The van der Waals surface area contributed by atoms with E-state index >= 15 is 0 Å². The third kappa shape index (κ3) is 5.93. The molecule has 3 aliphatic carbocycles. The molecule has 45 heavy (non-hydrogen) atoms. The van der Waals surface area contributed by atoms with Crippen molar-refractivity contribution in [3.05, 3.63) is 124 Å². The van der Waals surface area contributed by atoms with E-state index in [0.29, 0.717) is 11.1 Å². The predicted molar refractivity (Wildman–Crippen MR) is 183 cm³/mol. The van der Waals surface area contributed by atoms with Gasteiger partial charge in [0.25, 0.3) is 0 Å². The van der Waals surface area contributed by atoms with Gasteiger partial charge in [-0.15, -0.1) is 0 Å². The molecule has 0 spiro atoms. The quantitative estimate of drug-likeness (QED) is 0.216. The maximum atomic E-state index is 12.4. The number of carbonyl (C=O) groups is 2. The molecule has 1 unspecified atom stereocenters. The zero-order valence-electron chi connectivity index (χ0n) is 25.0. The van der Waals surface area contributed by atoms with Crippen molar-refractivity contribution in [1.29, 1.82) is 10.8 Å². The first-order valence-corrected chi connectivity index (χ1v) is 16.4. The molecule has 0 fully saturated rings. The van der Waals surface area contributed by atoms with Crippen LogP contribution in [0.5, 0.6) is 5.75 Å². The van der Waals surface area contributed by atoms with Gasteiger partial charge in [-0.3, -0.25) is 20.4 Å². The van der Waals surface area contributed by atoms with Crippen molar-refractivity contribution in [2.24, 2.45) is 0 Å². The highest BCUT2D eigenvalue weighted by molar-refractivity contribution is 7.95. The smallest absolute Gasteiger partial charge is 0.211 e. The van der Waals surface area contributed by atoms with E-state index in [2.05, 4.69) is 44.2 Å². The lowest BCUT2D eigenvalue weighted by atomic mass is 9.69. The highest BCUT2D eigenvalue weighted by atomic mass is 32.2. The summed E-state index contributed by atoms with van der Waals surface area (Å²) in [6.45, 7) is 4.44. The van der Waals surface area contributed by atoms with Crippen LogP contribution in [0.15, 0.2) is 106 Å². The van der Waals surface area contributed by atoms with Crippen LogP contribution in [0.3, 0.4) is 0 Å². The Morgan fingerprint density at radius 2 is 1.33 bits per heavy atom. The summed E-state index contributed by atoms with van der Waals surface area (Å²) in [5.74, 6) is 0.184. The number of carbonyl (C=O) groups excluding carboxylic acids is 2. The number of rotatable bonds is 10. The van der Waals surface area contributed by atoms with Crippen LogP contribution in [-0.4, -0.2) is 29.1 Å². The van der Waals surface area contributed by atoms with Gasteiger partial charge in [0.05, 0.1) is 23.0 Å². The Morgan fingerprint density at radius 1 is 0.756 bits per heavy atom. The molecule has 1 atom stereocenters. The Kier molecular flexibility index (Phi) is 8.90. The Bertz CT molecular complexity index is 1830. The second-order valence-corrected chi connectivity index (χ2v) is 12.6. The molecule has 0 radical (unpaired) electrons. The van der Waals surface area contributed by atoms with E-state index < -0.39 is 0 Å². The second kappa shape index (κ2) is 13.0. The summed E-state index contributed by atoms with van der Waals surface area (Å²) < 4.78 is 12.3. The molecule has 0 saturated heterocycles. The number of fused-ring (bicyclic) bond motifs is 2. The standard InChI is InChI=1S/C37H32N2O4S2/c1-3-37(4-2,23-11-15-25(16-12-23)42-44-33-9-5-7-29-27(33)19-21-31(38)35(29)40)24-13-17-26(18-14-24)43-45-34-10-6-8-30-28(34)20-22-32(39)36(30)41/h5-17,19-22,26,38-39H,3-4,18H2,1-2H3. The first-order valence-electron chi connectivity index (χ1n) is 14.9. The van der Waals surface area contributed by atoms with Gasteiger partial charge in [0.15, 0.2) is 0 Å². The van der Waals surface area contributed by atoms with E-state index in [0.717, 1.165) is 45.9 Å². The van der Waals surface area contributed by atoms with E-state index in [1.165, 1.54) is 41.3 Å². The third-order valence-electron chi connectivity index (χ3n) is 8.66. The average Bonchev–Trinajstić information content (AvgIpc) is 3.08. The highest BCUT2D eigenvalue weighted by Crippen LogP contribution is 2.43. The van der Waals surface area contributed by atoms with E-state index in [1.807, 2.05) is 42.5 Å². The van der Waals surface area contributed by atoms with Crippen LogP contribution in [0.4, 0.5) is 0 Å². The van der Waals surface area contributed by atoms with Crippen molar-refractivity contribution in [3.63, 3.8) is 0 Å². The largest absolute Gasteiger partial charge is 0.421 e. The minimum Gasteiger partial charge on any atom is -0.421 e. The number of ketones is 2. The third-order valence-corrected chi connectivity index (χ3v) is 10.4. The summed E-state index contributed by atoms with van der Waals surface area (Å²) >= 11 is 2.49. The topological polar surface area (TPSA) is 100 Å². The van der Waals surface area contributed by atoms with E-state index in [1.54, 1.807) is 24.3 Å². The molecule has 0 aliphatic heterocycles. The first-order chi connectivity index (χ1) is 21.8. The van der Waals surface area contributed by atoms with Gasteiger partial charge < -0.3 is 8.37 Å². The van der Waals surface area contributed by atoms with Crippen molar-refractivity contribution < 1.29 is 18.0 Å². The van der Waals surface area contributed by atoms with Crippen LogP contribution < -0.4 is 4.18 Å². The van der Waals surface area contributed by atoms with Gasteiger partial charge >= 0.3 is 0 Å². The summed E-state index contributed by atoms with van der Waals surface area (Å²) in [5.41, 5.74) is 4.98. The van der Waals surface area contributed by atoms with E-state index in [9.17, 15) is 9.59 Å². The number of allylic oxidation sites excluding steroid dienone is 4. The molecular weight excluding hydrogens is 601 g/mol. The minimum absolute atomic E-state index is 0.0000346. The Labute approximate surface area is 271 Å². The molecule has 0 amide bonds. The second-order valence-electron chi connectivity index (χ2n) is 11.0. The Balaban J connectivity index is 1.11. The van der Waals surface area contributed by atoms with Gasteiger partial charge in [-0.2, -0.15) is 0 Å². The normalized spacial score (nSPS) is 17.3. The molecule has 3 aromatic rings. The molecule has 0 heterocycles. The molecule has 3 aromatic carbocycles. The fourth-order valence-electron chi connectivity index (χ4n) is 6.04. The summed E-state index contributed by atoms with van der Waals surface area (Å²) in [4.78, 5) is 26.5. The highest BCUT2D eigenvalue weighted by Gasteiger charge is 2.33. The summed E-state index contributed by atoms with van der Waals surface area (Å²) in [6, 6.07) is 19.3. The molecule has 2 N–H and O–H groups in total. The zero-order chi connectivity index (χ0) is 31.6. The molecule has 0 bridgehead atoms. The van der Waals surface area contributed by atoms with Gasteiger partial charge in [0.1, 0.15) is 17.2 Å². The van der Waals surface area contributed by atoms with Crippen molar-refractivity contribution in [2.45, 2.75) is 54.4 Å². The first kappa shape index (κ1) is 30.8. The lowest BCUT2D eigenvalue weighted by molar-refractivity contribution is 0.105. The van der Waals surface area contributed by atoms with Crippen molar-refractivity contribution in [3.8, 4) is 5.75 Å². The van der Waals surface area contributed by atoms with Crippen LogP contribution in [0.25, 0.3) is 12.2 Å². The maximum Gasteiger partial charge on any atom is 0.211 e. The maximum absolute atomic E-state index is 12.4. The fraction of sp³-hybridized carbons (Fsp3) is 0.189. The van der Waals surface area contributed by atoms with Crippen molar-refractivity contribution in [2.75, 3.05) is 0 Å². The molecule has 8 heteroatoms. The van der Waals surface area contributed by atoms with Gasteiger partial charge in [-0.05, 0) is 66.8 Å². The van der Waals surface area contributed by atoms with Gasteiger partial charge in [-0.1, -0.05) is 80.6 Å². The van der Waals surface area contributed by atoms with E-state index in [-0.39, 0.29) is 34.5 Å². The lowest BCUT2D eigenvalue weighted by Crippen LogP contribution is -2.28. The van der Waals surface area contributed by atoms with Crippen LogP contribution in [0.2, 0.25) is 0 Å².